The summed E-state index contributed by atoms with van der Waals surface area (Å²) in [7, 11) is -0.603. The van der Waals surface area contributed by atoms with E-state index in [4.69, 9.17) is 9.47 Å². The van der Waals surface area contributed by atoms with Gasteiger partial charge in [0.05, 0.1) is 11.4 Å². The van der Waals surface area contributed by atoms with Gasteiger partial charge in [-0.15, -0.1) is 0 Å². The average Bonchev–Trinajstić information content (AvgIpc) is 2.68. The normalized spacial score (nSPS) is 17.7. The van der Waals surface area contributed by atoms with Crippen LogP contribution in [0.1, 0.15) is 32.1 Å². The van der Waals surface area contributed by atoms with E-state index >= 15 is 0 Å². The molecule has 3 rings (SSSR count). The van der Waals surface area contributed by atoms with Crippen molar-refractivity contribution in [3.63, 3.8) is 0 Å². The second-order valence-corrected chi connectivity index (χ2v) is 9.39. The monoisotopic (exact) mass is 396 g/mol. The van der Waals surface area contributed by atoms with Gasteiger partial charge in [0.25, 0.3) is 0 Å². The molecule has 1 aliphatic carbocycles. The molecule has 0 atom stereocenters. The van der Waals surface area contributed by atoms with Gasteiger partial charge >= 0.3 is 0 Å². The molecule has 150 valence electrons. The molecular weight excluding hydrogens is 368 g/mol. The minimum Gasteiger partial charge on any atom is -0.486 e. The lowest BCUT2D eigenvalue weighted by molar-refractivity contribution is -0.130. The van der Waals surface area contributed by atoms with Crippen LogP contribution in [0.2, 0.25) is 0 Å². The molecule has 1 aromatic rings. The Hall–Kier alpha value is -1.80. The van der Waals surface area contributed by atoms with Crippen LogP contribution in [0.5, 0.6) is 11.5 Å². The van der Waals surface area contributed by atoms with Gasteiger partial charge in [-0.2, -0.15) is 4.31 Å². The molecule has 7 nitrogen and oxygen atoms in total. The van der Waals surface area contributed by atoms with Crippen LogP contribution < -0.4 is 9.47 Å². The van der Waals surface area contributed by atoms with E-state index in [1.807, 2.05) is 0 Å². The van der Waals surface area contributed by atoms with E-state index < -0.39 is 10.0 Å². The van der Waals surface area contributed by atoms with Crippen molar-refractivity contribution in [3.8, 4) is 11.5 Å². The molecule has 0 bridgehead atoms. The molecule has 27 heavy (non-hydrogen) atoms. The Bertz CT molecular complexity index is 774. The number of carbonyl (C=O) groups is 1. The third-order valence-corrected chi connectivity index (χ3v) is 7.06. The van der Waals surface area contributed by atoms with Crippen LogP contribution >= 0.6 is 0 Å². The maximum atomic E-state index is 12.8. The van der Waals surface area contributed by atoms with Crippen molar-refractivity contribution >= 4 is 15.9 Å². The molecule has 8 heteroatoms. The molecular formula is C19H28N2O5S. The van der Waals surface area contributed by atoms with E-state index in [0.717, 1.165) is 17.1 Å². The lowest BCUT2D eigenvalue weighted by Crippen LogP contribution is -2.41. The maximum absolute atomic E-state index is 12.8. The van der Waals surface area contributed by atoms with Gasteiger partial charge in [0.2, 0.25) is 15.9 Å². The Labute approximate surface area is 161 Å². The van der Waals surface area contributed by atoms with Crippen molar-refractivity contribution in [2.45, 2.75) is 37.0 Å². The van der Waals surface area contributed by atoms with Crippen LogP contribution in [0.3, 0.4) is 0 Å². The van der Waals surface area contributed by atoms with Gasteiger partial charge in [-0.3, -0.25) is 4.79 Å². The highest BCUT2D eigenvalue weighted by molar-refractivity contribution is 7.89. The standard InChI is InChI=1S/C19H28N2O5S/c1-20(13-15-6-4-3-5-7-15)19(22)14-21(2)27(23,24)16-8-9-17-18(12-16)26-11-10-25-17/h8-9,12,15H,3-7,10-11,13-14H2,1-2H3. The van der Waals surface area contributed by atoms with E-state index in [-0.39, 0.29) is 17.3 Å². The molecule has 0 spiro atoms. The smallest absolute Gasteiger partial charge is 0.243 e. The summed E-state index contributed by atoms with van der Waals surface area (Å²) in [6.07, 6.45) is 5.98. The van der Waals surface area contributed by atoms with Crippen LogP contribution in [0.4, 0.5) is 0 Å². The van der Waals surface area contributed by atoms with Crippen LogP contribution in [0, 0.1) is 5.92 Å². The minimum absolute atomic E-state index is 0.0944. The molecule has 1 aliphatic heterocycles. The zero-order valence-corrected chi connectivity index (χ0v) is 16.8. The summed E-state index contributed by atoms with van der Waals surface area (Å²) in [5, 5.41) is 0. The fourth-order valence-electron chi connectivity index (χ4n) is 3.62. The van der Waals surface area contributed by atoms with Crippen molar-refractivity contribution in [3.05, 3.63) is 18.2 Å². The predicted octanol–water partition coefficient (Wildman–Crippen LogP) is 2.12. The summed E-state index contributed by atoms with van der Waals surface area (Å²) in [5.74, 6) is 1.28. The topological polar surface area (TPSA) is 76.2 Å². The van der Waals surface area contributed by atoms with Gasteiger partial charge in [-0.25, -0.2) is 8.42 Å². The first-order valence-corrected chi connectivity index (χ1v) is 10.9. The fraction of sp³-hybridized carbons (Fsp3) is 0.632. The second kappa shape index (κ2) is 8.48. The van der Waals surface area contributed by atoms with E-state index in [1.54, 1.807) is 18.0 Å². The fourth-order valence-corrected chi connectivity index (χ4v) is 4.76. The van der Waals surface area contributed by atoms with Crippen molar-refractivity contribution in [1.29, 1.82) is 0 Å². The number of amides is 1. The highest BCUT2D eigenvalue weighted by Gasteiger charge is 2.27. The number of rotatable bonds is 6. The number of ether oxygens (including phenoxy) is 2. The van der Waals surface area contributed by atoms with E-state index in [1.165, 1.54) is 38.4 Å². The van der Waals surface area contributed by atoms with Crippen molar-refractivity contribution in [1.82, 2.24) is 9.21 Å². The summed E-state index contributed by atoms with van der Waals surface area (Å²) < 4.78 is 37.6. The Balaban J connectivity index is 1.63. The number of sulfonamides is 1. The number of likely N-dealkylation sites (N-methyl/N-ethyl adjacent to an activating group) is 2. The molecule has 1 fully saturated rings. The van der Waals surface area contributed by atoms with Crippen molar-refractivity contribution in [2.75, 3.05) is 40.4 Å². The first kappa shape index (κ1) is 19.9. The third-order valence-electron chi connectivity index (χ3n) is 5.26. The highest BCUT2D eigenvalue weighted by atomic mass is 32.2. The zero-order valence-electron chi connectivity index (χ0n) is 16.0. The Morgan fingerprint density at radius 1 is 1.07 bits per heavy atom. The van der Waals surface area contributed by atoms with Gasteiger partial charge < -0.3 is 14.4 Å². The quantitative estimate of drug-likeness (QED) is 0.736. The predicted molar refractivity (Wildman–Crippen MR) is 101 cm³/mol. The number of benzene rings is 1. The van der Waals surface area contributed by atoms with E-state index in [2.05, 4.69) is 0 Å². The van der Waals surface area contributed by atoms with Crippen molar-refractivity contribution in [2.24, 2.45) is 5.92 Å². The first-order chi connectivity index (χ1) is 12.9. The first-order valence-electron chi connectivity index (χ1n) is 9.48. The number of fused-ring (bicyclic) bond motifs is 1. The molecule has 2 aliphatic rings. The molecule has 0 unspecified atom stereocenters. The molecule has 1 aromatic carbocycles. The Morgan fingerprint density at radius 3 is 2.44 bits per heavy atom. The summed E-state index contributed by atoms with van der Waals surface area (Å²) in [5.41, 5.74) is 0. The number of hydrogen-bond acceptors (Lipinski definition) is 5. The van der Waals surface area contributed by atoms with Crippen LogP contribution in [-0.4, -0.2) is 63.9 Å². The van der Waals surface area contributed by atoms with Gasteiger partial charge in [0.15, 0.2) is 11.5 Å². The average molecular weight is 397 g/mol. The Morgan fingerprint density at radius 2 is 1.74 bits per heavy atom. The molecule has 0 radical (unpaired) electrons. The molecule has 1 amide bonds. The van der Waals surface area contributed by atoms with E-state index in [9.17, 15) is 13.2 Å². The zero-order chi connectivity index (χ0) is 19.4. The van der Waals surface area contributed by atoms with Crippen LogP contribution in [-0.2, 0) is 14.8 Å². The number of hydrogen-bond donors (Lipinski definition) is 0. The summed E-state index contributed by atoms with van der Waals surface area (Å²) >= 11 is 0. The molecule has 0 aromatic heterocycles. The second-order valence-electron chi connectivity index (χ2n) is 7.34. The van der Waals surface area contributed by atoms with Crippen LogP contribution in [0.15, 0.2) is 23.1 Å². The lowest BCUT2D eigenvalue weighted by Gasteiger charge is -2.28. The molecule has 1 heterocycles. The van der Waals surface area contributed by atoms with Crippen molar-refractivity contribution < 1.29 is 22.7 Å². The summed E-state index contributed by atoms with van der Waals surface area (Å²) in [6, 6.07) is 4.53. The summed E-state index contributed by atoms with van der Waals surface area (Å²) in [4.78, 5) is 14.3. The van der Waals surface area contributed by atoms with Gasteiger partial charge in [0.1, 0.15) is 13.2 Å². The van der Waals surface area contributed by atoms with Gasteiger partial charge in [-0.1, -0.05) is 19.3 Å². The SMILES string of the molecule is CN(CC1CCCCC1)C(=O)CN(C)S(=O)(=O)c1ccc2c(c1)OCCO2. The third kappa shape index (κ3) is 4.73. The highest BCUT2D eigenvalue weighted by Crippen LogP contribution is 2.33. The maximum Gasteiger partial charge on any atom is 0.243 e. The van der Waals surface area contributed by atoms with Gasteiger partial charge in [-0.05, 0) is 30.9 Å². The van der Waals surface area contributed by atoms with E-state index in [0.29, 0.717) is 37.2 Å². The molecule has 0 saturated heterocycles. The lowest BCUT2D eigenvalue weighted by atomic mass is 9.89. The molecule has 1 saturated carbocycles. The number of carbonyl (C=O) groups excluding carboxylic acids is 1. The number of nitrogens with zero attached hydrogens (tertiary/aromatic N) is 2. The Kier molecular flexibility index (Phi) is 6.26. The minimum atomic E-state index is -3.78. The largest absolute Gasteiger partial charge is 0.486 e. The molecule has 0 N–H and O–H groups in total. The van der Waals surface area contributed by atoms with Crippen LogP contribution in [0.25, 0.3) is 0 Å². The summed E-state index contributed by atoms with van der Waals surface area (Å²) in [6.45, 7) is 1.34. The van der Waals surface area contributed by atoms with Gasteiger partial charge in [0, 0.05) is 26.7 Å².